The number of hydrogen-bond acceptors (Lipinski definition) is 2. The number of rotatable bonds is 2. The zero-order valence-corrected chi connectivity index (χ0v) is 6.54. The predicted molar refractivity (Wildman–Crippen MR) is 38.2 cm³/mol. The standard InChI is InChI=1S/C8H12O3/c1-11-8-2-5(3-8)6(4-8)7(9)10/h5-6H,2-4H2,1H3,(H,9,10). The first-order valence-electron chi connectivity index (χ1n) is 3.95. The van der Waals surface area contributed by atoms with E-state index in [0.717, 1.165) is 19.3 Å². The van der Waals surface area contributed by atoms with Crippen LogP contribution >= 0.6 is 0 Å². The third-order valence-corrected chi connectivity index (χ3v) is 3.18. The lowest BCUT2D eigenvalue weighted by Crippen LogP contribution is -2.37. The second-order valence-electron chi connectivity index (χ2n) is 3.70. The van der Waals surface area contributed by atoms with Gasteiger partial charge in [0.05, 0.1) is 11.5 Å². The van der Waals surface area contributed by atoms with Gasteiger partial charge in [-0.2, -0.15) is 0 Å². The predicted octanol–water partition coefficient (Wildman–Crippen LogP) is 0.886. The van der Waals surface area contributed by atoms with Crippen molar-refractivity contribution in [2.75, 3.05) is 7.11 Å². The van der Waals surface area contributed by atoms with E-state index in [4.69, 9.17) is 9.84 Å². The minimum atomic E-state index is -0.647. The Morgan fingerprint density at radius 1 is 1.55 bits per heavy atom. The van der Waals surface area contributed by atoms with Gasteiger partial charge in [-0.15, -0.1) is 0 Å². The Bertz CT molecular complexity index is 194. The van der Waals surface area contributed by atoms with Crippen molar-refractivity contribution in [3.05, 3.63) is 0 Å². The summed E-state index contributed by atoms with van der Waals surface area (Å²) in [7, 11) is 1.68. The molecule has 3 aliphatic rings. The molecule has 0 aromatic carbocycles. The fourth-order valence-corrected chi connectivity index (χ4v) is 2.45. The highest BCUT2D eigenvalue weighted by atomic mass is 16.5. The molecule has 3 saturated carbocycles. The molecule has 3 heteroatoms. The monoisotopic (exact) mass is 156 g/mol. The van der Waals surface area contributed by atoms with Gasteiger partial charge in [-0.3, -0.25) is 4.79 Å². The second-order valence-corrected chi connectivity index (χ2v) is 3.70. The van der Waals surface area contributed by atoms with E-state index in [2.05, 4.69) is 0 Å². The van der Waals surface area contributed by atoms with Crippen molar-refractivity contribution < 1.29 is 14.6 Å². The van der Waals surface area contributed by atoms with Gasteiger partial charge < -0.3 is 9.84 Å². The van der Waals surface area contributed by atoms with Crippen molar-refractivity contribution in [3.8, 4) is 0 Å². The molecular formula is C8H12O3. The second kappa shape index (κ2) is 1.97. The van der Waals surface area contributed by atoms with E-state index in [9.17, 15) is 4.79 Å². The molecule has 1 atom stereocenters. The third kappa shape index (κ3) is 0.805. The van der Waals surface area contributed by atoms with Crippen LogP contribution in [0.15, 0.2) is 0 Å². The first kappa shape index (κ1) is 7.10. The summed E-state index contributed by atoms with van der Waals surface area (Å²) < 4.78 is 5.28. The summed E-state index contributed by atoms with van der Waals surface area (Å²) in [5.41, 5.74) is -0.0479. The van der Waals surface area contributed by atoms with E-state index in [1.165, 1.54) is 0 Å². The SMILES string of the molecule is COC12CC(C1)C(C(=O)O)C2. The Morgan fingerprint density at radius 2 is 2.18 bits per heavy atom. The molecule has 62 valence electrons. The molecule has 0 amide bonds. The molecule has 0 radical (unpaired) electrons. The molecule has 3 aliphatic carbocycles. The molecule has 1 unspecified atom stereocenters. The molecule has 2 bridgehead atoms. The molecule has 0 heterocycles. The molecule has 1 N–H and O–H groups in total. The molecule has 0 aromatic heterocycles. The van der Waals surface area contributed by atoms with Crippen LogP contribution in [0.3, 0.4) is 0 Å². The third-order valence-electron chi connectivity index (χ3n) is 3.18. The van der Waals surface area contributed by atoms with Gasteiger partial charge in [-0.05, 0) is 25.2 Å². The smallest absolute Gasteiger partial charge is 0.306 e. The Kier molecular flexibility index (Phi) is 1.27. The molecule has 0 aliphatic heterocycles. The largest absolute Gasteiger partial charge is 0.481 e. The molecule has 0 spiro atoms. The van der Waals surface area contributed by atoms with Crippen molar-refractivity contribution in [1.82, 2.24) is 0 Å². The number of aliphatic carboxylic acids is 1. The summed E-state index contributed by atoms with van der Waals surface area (Å²) in [5.74, 6) is -0.381. The number of methoxy groups -OCH3 is 1. The van der Waals surface area contributed by atoms with Gasteiger partial charge >= 0.3 is 5.97 Å². The van der Waals surface area contributed by atoms with Crippen LogP contribution in [0.25, 0.3) is 0 Å². The van der Waals surface area contributed by atoms with Gasteiger partial charge in [-0.1, -0.05) is 0 Å². The fraction of sp³-hybridized carbons (Fsp3) is 0.875. The van der Waals surface area contributed by atoms with E-state index in [1.54, 1.807) is 7.11 Å². The Labute approximate surface area is 65.4 Å². The van der Waals surface area contributed by atoms with Crippen molar-refractivity contribution in [2.45, 2.75) is 24.9 Å². The average Bonchev–Trinajstić information content (AvgIpc) is 2.38. The zero-order valence-electron chi connectivity index (χ0n) is 6.54. The van der Waals surface area contributed by atoms with Crippen LogP contribution in [0.2, 0.25) is 0 Å². The molecule has 0 saturated heterocycles. The fourth-order valence-electron chi connectivity index (χ4n) is 2.45. The van der Waals surface area contributed by atoms with Gasteiger partial charge in [0.2, 0.25) is 0 Å². The molecule has 3 nitrogen and oxygen atoms in total. The Morgan fingerprint density at radius 3 is 2.45 bits per heavy atom. The highest BCUT2D eigenvalue weighted by Gasteiger charge is 2.58. The minimum Gasteiger partial charge on any atom is -0.481 e. The lowest BCUT2D eigenvalue weighted by molar-refractivity contribution is -0.142. The van der Waals surface area contributed by atoms with E-state index >= 15 is 0 Å². The summed E-state index contributed by atoms with van der Waals surface area (Å²) in [5, 5.41) is 8.76. The number of carbonyl (C=O) groups is 1. The maximum atomic E-state index is 10.6. The van der Waals surface area contributed by atoms with Gasteiger partial charge in [0, 0.05) is 7.11 Å². The van der Waals surface area contributed by atoms with Crippen molar-refractivity contribution in [3.63, 3.8) is 0 Å². The van der Waals surface area contributed by atoms with Gasteiger partial charge in [0.1, 0.15) is 0 Å². The summed E-state index contributed by atoms with van der Waals surface area (Å²) in [4.78, 5) is 10.6. The molecular weight excluding hydrogens is 144 g/mol. The van der Waals surface area contributed by atoms with Crippen LogP contribution in [0.4, 0.5) is 0 Å². The lowest BCUT2D eigenvalue weighted by atomic mass is 9.79. The van der Waals surface area contributed by atoms with Gasteiger partial charge in [-0.25, -0.2) is 0 Å². The zero-order chi connectivity index (χ0) is 8.06. The minimum absolute atomic E-state index is 0.0479. The van der Waals surface area contributed by atoms with Crippen molar-refractivity contribution in [2.24, 2.45) is 11.8 Å². The number of hydrogen-bond donors (Lipinski definition) is 1. The number of carboxylic acid groups (broad SMARTS) is 1. The van der Waals surface area contributed by atoms with Crippen LogP contribution in [-0.4, -0.2) is 23.8 Å². The number of ether oxygens (including phenoxy) is 1. The summed E-state index contributed by atoms with van der Waals surface area (Å²) in [6.07, 6.45) is 2.64. The van der Waals surface area contributed by atoms with Crippen LogP contribution < -0.4 is 0 Å². The maximum Gasteiger partial charge on any atom is 0.306 e. The molecule has 3 fully saturated rings. The summed E-state index contributed by atoms with van der Waals surface area (Å²) >= 11 is 0. The highest BCUT2D eigenvalue weighted by molar-refractivity contribution is 5.72. The first-order chi connectivity index (χ1) is 5.17. The van der Waals surface area contributed by atoms with E-state index < -0.39 is 5.97 Å². The van der Waals surface area contributed by atoms with Gasteiger partial charge in [0.15, 0.2) is 0 Å². The van der Waals surface area contributed by atoms with Crippen LogP contribution in [0.5, 0.6) is 0 Å². The molecule has 0 aromatic rings. The van der Waals surface area contributed by atoms with Crippen LogP contribution in [-0.2, 0) is 9.53 Å². The van der Waals surface area contributed by atoms with Gasteiger partial charge in [0.25, 0.3) is 0 Å². The Hall–Kier alpha value is -0.570. The highest BCUT2D eigenvalue weighted by Crippen LogP contribution is 2.57. The summed E-state index contributed by atoms with van der Waals surface area (Å²) in [6, 6.07) is 0. The van der Waals surface area contributed by atoms with E-state index in [1.807, 2.05) is 0 Å². The van der Waals surface area contributed by atoms with Crippen molar-refractivity contribution >= 4 is 5.97 Å². The van der Waals surface area contributed by atoms with E-state index in [-0.39, 0.29) is 11.5 Å². The van der Waals surface area contributed by atoms with Crippen molar-refractivity contribution in [1.29, 1.82) is 0 Å². The number of fused-ring (bicyclic) bond motifs is 1. The Balaban J connectivity index is 2.08. The van der Waals surface area contributed by atoms with E-state index in [0.29, 0.717) is 5.92 Å². The maximum absolute atomic E-state index is 10.6. The number of carboxylic acids is 1. The normalized spacial score (nSPS) is 47.0. The molecule has 11 heavy (non-hydrogen) atoms. The lowest BCUT2D eigenvalue weighted by Gasteiger charge is -2.36. The van der Waals surface area contributed by atoms with Crippen LogP contribution in [0, 0.1) is 11.8 Å². The van der Waals surface area contributed by atoms with Crippen LogP contribution in [0.1, 0.15) is 19.3 Å². The quantitative estimate of drug-likeness (QED) is 0.645. The topological polar surface area (TPSA) is 46.5 Å². The first-order valence-corrected chi connectivity index (χ1v) is 3.95. The summed E-state index contributed by atoms with van der Waals surface area (Å²) in [6.45, 7) is 0. The molecule has 3 rings (SSSR count). The average molecular weight is 156 g/mol.